The van der Waals surface area contributed by atoms with Crippen molar-refractivity contribution in [3.63, 3.8) is 0 Å². The van der Waals surface area contributed by atoms with E-state index in [0.717, 1.165) is 34.9 Å². The summed E-state index contributed by atoms with van der Waals surface area (Å²) in [6, 6.07) is 9.56. The Morgan fingerprint density at radius 3 is 2.80 bits per heavy atom. The first kappa shape index (κ1) is 17.9. The Balaban J connectivity index is 1.73. The topological polar surface area (TPSA) is 46.9 Å². The Morgan fingerprint density at radius 2 is 2.08 bits per heavy atom. The lowest BCUT2D eigenvalue weighted by atomic mass is 10.3. The summed E-state index contributed by atoms with van der Waals surface area (Å²) in [6.45, 7) is 2.73. The number of rotatable bonds is 5. The number of para-hydroxylation sites is 2. The van der Waals surface area contributed by atoms with Gasteiger partial charge in [-0.2, -0.15) is 0 Å². The normalized spacial score (nSPS) is 11.0. The Morgan fingerprint density at radius 1 is 1.32 bits per heavy atom. The van der Waals surface area contributed by atoms with E-state index >= 15 is 0 Å². The molecule has 130 valence electrons. The van der Waals surface area contributed by atoms with Crippen molar-refractivity contribution in [1.82, 2.24) is 9.55 Å². The van der Waals surface area contributed by atoms with Crippen LogP contribution in [0, 0.1) is 11.6 Å². The molecule has 25 heavy (non-hydrogen) atoms. The average Bonchev–Trinajstić information content (AvgIpc) is 2.93. The highest BCUT2D eigenvalue weighted by Gasteiger charge is 2.15. The number of nitrogens with zero attached hydrogens (tertiary/aromatic N) is 2. The van der Waals surface area contributed by atoms with Gasteiger partial charge in [-0.15, -0.1) is 0 Å². The van der Waals surface area contributed by atoms with Gasteiger partial charge in [0.15, 0.2) is 11.0 Å². The molecule has 0 aliphatic carbocycles. The molecular weight excluding hydrogens is 412 g/mol. The molecule has 0 spiro atoms. The number of imidazole rings is 1. The van der Waals surface area contributed by atoms with Crippen molar-refractivity contribution in [1.29, 1.82) is 0 Å². The van der Waals surface area contributed by atoms with E-state index in [-0.39, 0.29) is 15.9 Å². The molecule has 0 saturated carbocycles. The van der Waals surface area contributed by atoms with Gasteiger partial charge in [0, 0.05) is 17.1 Å². The van der Waals surface area contributed by atoms with Crippen molar-refractivity contribution in [2.24, 2.45) is 0 Å². The minimum absolute atomic E-state index is 0.0621. The van der Waals surface area contributed by atoms with Gasteiger partial charge in [-0.1, -0.05) is 23.9 Å². The van der Waals surface area contributed by atoms with Crippen LogP contribution in [0.15, 0.2) is 46.0 Å². The number of aryl methyl sites for hydroxylation is 1. The van der Waals surface area contributed by atoms with Gasteiger partial charge < -0.3 is 9.88 Å². The van der Waals surface area contributed by atoms with Crippen LogP contribution in [0.25, 0.3) is 11.0 Å². The summed E-state index contributed by atoms with van der Waals surface area (Å²) in [5, 5.41) is 3.18. The molecule has 0 saturated heterocycles. The summed E-state index contributed by atoms with van der Waals surface area (Å²) in [7, 11) is 0. The van der Waals surface area contributed by atoms with E-state index in [4.69, 9.17) is 0 Å². The quantitative estimate of drug-likeness (QED) is 0.595. The minimum Gasteiger partial charge on any atom is -0.322 e. The second kappa shape index (κ2) is 7.53. The average molecular weight is 426 g/mol. The third-order valence-electron chi connectivity index (χ3n) is 3.54. The Bertz CT molecular complexity index is 922. The number of hydrogen-bond donors (Lipinski definition) is 1. The summed E-state index contributed by atoms with van der Waals surface area (Å²) in [4.78, 5) is 16.7. The second-order valence-corrected chi connectivity index (χ2v) is 7.01. The molecule has 1 aromatic heterocycles. The minimum atomic E-state index is -0.828. The first-order valence-electron chi connectivity index (χ1n) is 7.52. The van der Waals surface area contributed by atoms with Crippen LogP contribution in [-0.4, -0.2) is 21.2 Å². The van der Waals surface area contributed by atoms with E-state index in [1.165, 1.54) is 11.8 Å². The van der Waals surface area contributed by atoms with Gasteiger partial charge in [0.25, 0.3) is 0 Å². The number of halogens is 3. The first-order valence-corrected chi connectivity index (χ1v) is 9.30. The van der Waals surface area contributed by atoms with Crippen molar-refractivity contribution in [3.05, 3.63) is 52.5 Å². The second-order valence-electron chi connectivity index (χ2n) is 5.21. The molecule has 3 aromatic rings. The fourth-order valence-electron chi connectivity index (χ4n) is 2.44. The maximum atomic E-state index is 13.8. The molecule has 8 heteroatoms. The predicted molar refractivity (Wildman–Crippen MR) is 98.8 cm³/mol. The highest BCUT2D eigenvalue weighted by atomic mass is 79.9. The van der Waals surface area contributed by atoms with Gasteiger partial charge in [0.05, 0.1) is 22.5 Å². The molecule has 1 N–H and O–H groups in total. The van der Waals surface area contributed by atoms with E-state index < -0.39 is 17.5 Å². The van der Waals surface area contributed by atoms with Crippen LogP contribution in [0.4, 0.5) is 14.5 Å². The number of carbonyl (C=O) groups excluding carboxylic acids is 1. The summed E-state index contributed by atoms with van der Waals surface area (Å²) in [6.07, 6.45) is 0. The van der Waals surface area contributed by atoms with Gasteiger partial charge >= 0.3 is 0 Å². The smallest absolute Gasteiger partial charge is 0.234 e. The number of hydrogen-bond acceptors (Lipinski definition) is 3. The zero-order valence-electron chi connectivity index (χ0n) is 13.2. The van der Waals surface area contributed by atoms with Gasteiger partial charge in [-0.3, -0.25) is 4.79 Å². The monoisotopic (exact) mass is 425 g/mol. The van der Waals surface area contributed by atoms with E-state index in [0.29, 0.717) is 0 Å². The molecule has 2 aromatic carbocycles. The highest BCUT2D eigenvalue weighted by Crippen LogP contribution is 2.28. The third kappa shape index (κ3) is 3.85. The third-order valence-corrected chi connectivity index (χ3v) is 5.14. The Labute approximate surface area is 155 Å². The van der Waals surface area contributed by atoms with Crippen molar-refractivity contribution in [2.45, 2.75) is 18.6 Å². The van der Waals surface area contributed by atoms with Crippen LogP contribution in [0.2, 0.25) is 0 Å². The summed E-state index contributed by atoms with van der Waals surface area (Å²) in [5.74, 6) is -1.88. The van der Waals surface area contributed by atoms with Crippen LogP contribution in [-0.2, 0) is 11.3 Å². The van der Waals surface area contributed by atoms with E-state index in [1.54, 1.807) is 0 Å². The van der Waals surface area contributed by atoms with E-state index in [1.807, 2.05) is 35.8 Å². The largest absolute Gasteiger partial charge is 0.322 e. The van der Waals surface area contributed by atoms with Crippen LogP contribution in [0.3, 0.4) is 0 Å². The number of anilines is 1. The van der Waals surface area contributed by atoms with Crippen LogP contribution in [0.5, 0.6) is 0 Å². The molecule has 0 fully saturated rings. The van der Waals surface area contributed by atoms with E-state index in [9.17, 15) is 13.6 Å². The van der Waals surface area contributed by atoms with Gasteiger partial charge in [0.2, 0.25) is 5.91 Å². The molecule has 4 nitrogen and oxygen atoms in total. The maximum absolute atomic E-state index is 13.8. The SMILES string of the molecule is CCn1c(SCC(=O)Nc2c(F)cc(F)cc2Br)nc2ccccc21. The number of fused-ring (bicyclic) bond motifs is 1. The lowest BCUT2D eigenvalue weighted by Gasteiger charge is -2.09. The lowest BCUT2D eigenvalue weighted by Crippen LogP contribution is -2.16. The molecule has 0 atom stereocenters. The zero-order valence-corrected chi connectivity index (χ0v) is 15.6. The van der Waals surface area contributed by atoms with Crippen LogP contribution >= 0.6 is 27.7 Å². The fraction of sp³-hybridized carbons (Fsp3) is 0.176. The zero-order chi connectivity index (χ0) is 18.0. The maximum Gasteiger partial charge on any atom is 0.234 e. The molecular formula is C17H14BrF2N3OS. The van der Waals surface area contributed by atoms with Crippen LogP contribution < -0.4 is 5.32 Å². The molecule has 0 unspecified atom stereocenters. The standard InChI is InChI=1S/C17H14BrF2N3OS/c1-2-23-14-6-4-3-5-13(14)21-17(23)25-9-15(24)22-16-11(18)7-10(19)8-12(16)20/h3-8H,2,9H2,1H3,(H,22,24). The number of carbonyl (C=O) groups is 1. The van der Waals surface area contributed by atoms with Crippen molar-refractivity contribution >= 4 is 50.3 Å². The fourth-order valence-corrected chi connectivity index (χ4v) is 3.82. The molecule has 0 bridgehead atoms. The van der Waals surface area contributed by atoms with Gasteiger partial charge in [0.1, 0.15) is 5.82 Å². The first-order chi connectivity index (χ1) is 12.0. The predicted octanol–water partition coefficient (Wildman–Crippen LogP) is 4.83. The Kier molecular flexibility index (Phi) is 5.39. The molecule has 3 rings (SSSR count). The highest BCUT2D eigenvalue weighted by molar-refractivity contribution is 9.10. The number of benzene rings is 2. The van der Waals surface area contributed by atoms with E-state index in [2.05, 4.69) is 26.2 Å². The number of aromatic nitrogens is 2. The number of amides is 1. The molecule has 1 heterocycles. The summed E-state index contributed by atoms with van der Waals surface area (Å²) in [5.41, 5.74) is 1.79. The Hall–Kier alpha value is -1.93. The molecule has 0 aliphatic heterocycles. The van der Waals surface area contributed by atoms with Crippen molar-refractivity contribution in [2.75, 3.05) is 11.1 Å². The molecule has 0 aliphatic rings. The number of nitrogens with one attached hydrogen (secondary N) is 1. The van der Waals surface area contributed by atoms with Gasteiger partial charge in [-0.05, 0) is 41.1 Å². The summed E-state index contributed by atoms with van der Waals surface area (Å²) >= 11 is 4.32. The molecule has 1 amide bonds. The van der Waals surface area contributed by atoms with Crippen molar-refractivity contribution in [3.8, 4) is 0 Å². The van der Waals surface area contributed by atoms with Crippen molar-refractivity contribution < 1.29 is 13.6 Å². The molecule has 0 radical (unpaired) electrons. The van der Waals surface area contributed by atoms with Crippen LogP contribution in [0.1, 0.15) is 6.92 Å². The lowest BCUT2D eigenvalue weighted by molar-refractivity contribution is -0.113. The summed E-state index contributed by atoms with van der Waals surface area (Å²) < 4.78 is 29.1. The number of thioether (sulfide) groups is 1. The van der Waals surface area contributed by atoms with Gasteiger partial charge in [-0.25, -0.2) is 13.8 Å².